The molecule has 0 spiro atoms. The Morgan fingerprint density at radius 2 is 1.89 bits per heavy atom. The Morgan fingerprint density at radius 1 is 1.16 bits per heavy atom. The molecule has 4 saturated carbocycles. The maximum atomic E-state index is 13.3. The van der Waals surface area contributed by atoms with Crippen LogP contribution in [0.2, 0.25) is 0 Å². The van der Waals surface area contributed by atoms with Crippen LogP contribution in [0.5, 0.6) is 5.75 Å². The Balaban J connectivity index is 1.63. The van der Waals surface area contributed by atoms with Crippen LogP contribution in [0, 0.1) is 17.7 Å². The highest BCUT2D eigenvalue weighted by atomic mass is 19.1. The smallest absolute Gasteiger partial charge is 0.126 e. The van der Waals surface area contributed by atoms with Crippen LogP contribution in [0.1, 0.15) is 38.5 Å². The van der Waals surface area contributed by atoms with E-state index in [1.165, 1.54) is 18.6 Å². The number of halogens is 1. The summed E-state index contributed by atoms with van der Waals surface area (Å²) >= 11 is 0. The van der Waals surface area contributed by atoms with Crippen molar-refractivity contribution in [3.8, 4) is 5.75 Å². The Labute approximate surface area is 113 Å². The molecule has 0 aliphatic heterocycles. The summed E-state index contributed by atoms with van der Waals surface area (Å²) in [6.45, 7) is 0. The molecule has 4 aliphatic carbocycles. The molecule has 0 aromatic heterocycles. The van der Waals surface area contributed by atoms with Gasteiger partial charge in [0.2, 0.25) is 0 Å². The zero-order valence-electron chi connectivity index (χ0n) is 11.1. The number of ether oxygens (including phenoxy) is 1. The van der Waals surface area contributed by atoms with Crippen LogP contribution < -0.4 is 10.5 Å². The van der Waals surface area contributed by atoms with Crippen molar-refractivity contribution in [3.63, 3.8) is 0 Å². The largest absolute Gasteiger partial charge is 0.487 e. The first-order valence-corrected chi connectivity index (χ1v) is 7.28. The van der Waals surface area contributed by atoms with E-state index in [0.29, 0.717) is 17.6 Å². The fraction of sp³-hybridized carbons (Fsp3) is 0.625. The summed E-state index contributed by atoms with van der Waals surface area (Å²) in [5.74, 6) is 1.84. The number of benzene rings is 1. The average Bonchev–Trinajstić information content (AvgIpc) is 2.24. The normalized spacial score (nSPS) is 43.5. The lowest BCUT2D eigenvalue weighted by atomic mass is 9.51. The minimum Gasteiger partial charge on any atom is -0.487 e. The third kappa shape index (κ3) is 1.95. The molecule has 2 atom stereocenters. The van der Waals surface area contributed by atoms with Crippen LogP contribution in [-0.2, 0) is 0 Å². The van der Waals surface area contributed by atoms with Crippen molar-refractivity contribution in [2.45, 2.75) is 49.7 Å². The second kappa shape index (κ2) is 3.72. The van der Waals surface area contributed by atoms with Crippen molar-refractivity contribution in [1.29, 1.82) is 0 Å². The minimum atomic E-state index is -0.232. The minimum absolute atomic E-state index is 0.0303. The maximum Gasteiger partial charge on any atom is 0.126 e. The van der Waals surface area contributed by atoms with Gasteiger partial charge >= 0.3 is 0 Å². The van der Waals surface area contributed by atoms with Crippen LogP contribution in [0.4, 0.5) is 4.39 Å². The van der Waals surface area contributed by atoms with Gasteiger partial charge in [0.1, 0.15) is 17.2 Å². The highest BCUT2D eigenvalue weighted by molar-refractivity contribution is 5.25. The Hall–Kier alpha value is -1.09. The van der Waals surface area contributed by atoms with E-state index < -0.39 is 0 Å². The van der Waals surface area contributed by atoms with E-state index in [2.05, 4.69) is 0 Å². The van der Waals surface area contributed by atoms with Crippen LogP contribution in [0.25, 0.3) is 0 Å². The van der Waals surface area contributed by atoms with Gasteiger partial charge in [0.15, 0.2) is 0 Å². The van der Waals surface area contributed by atoms with Gasteiger partial charge in [0, 0.05) is 18.0 Å². The summed E-state index contributed by atoms with van der Waals surface area (Å²) in [6, 6.07) is 6.51. The lowest BCUT2D eigenvalue weighted by Gasteiger charge is -2.60. The first kappa shape index (κ1) is 11.7. The molecule has 102 valence electrons. The Kier molecular flexibility index (Phi) is 2.29. The lowest BCUT2D eigenvalue weighted by Crippen LogP contribution is -2.64. The molecule has 4 fully saturated rings. The Morgan fingerprint density at radius 3 is 2.53 bits per heavy atom. The van der Waals surface area contributed by atoms with Crippen molar-refractivity contribution < 1.29 is 9.13 Å². The standard InChI is InChI=1S/C16H20FNO/c17-13-2-1-3-14(5-13)19-16-8-11-4-12(9-16)7-15(18,6-11)10-16/h1-3,5,11-12H,4,6-10,18H2. The summed E-state index contributed by atoms with van der Waals surface area (Å²) in [5, 5.41) is 0. The van der Waals surface area contributed by atoms with Crippen LogP contribution in [0.3, 0.4) is 0 Å². The Bertz CT molecular complexity index is 501. The molecule has 19 heavy (non-hydrogen) atoms. The molecule has 0 heterocycles. The monoisotopic (exact) mass is 261 g/mol. The highest BCUT2D eigenvalue weighted by Crippen LogP contribution is 2.57. The second-order valence-electron chi connectivity index (χ2n) is 7.07. The van der Waals surface area contributed by atoms with E-state index in [1.54, 1.807) is 6.07 Å². The lowest BCUT2D eigenvalue weighted by molar-refractivity contribution is -0.117. The SMILES string of the molecule is NC12CC3CC(C1)CC(Oc1cccc(F)c1)(C3)C2. The van der Waals surface area contributed by atoms with Gasteiger partial charge in [0.05, 0.1) is 0 Å². The average molecular weight is 261 g/mol. The summed E-state index contributed by atoms with van der Waals surface area (Å²) in [7, 11) is 0. The number of rotatable bonds is 2. The summed E-state index contributed by atoms with van der Waals surface area (Å²) in [6.07, 6.45) is 6.74. The van der Waals surface area contributed by atoms with E-state index in [0.717, 1.165) is 32.1 Å². The molecule has 0 radical (unpaired) electrons. The molecule has 4 bridgehead atoms. The molecule has 2 N–H and O–H groups in total. The topological polar surface area (TPSA) is 35.2 Å². The fourth-order valence-electron chi connectivity index (χ4n) is 5.15. The van der Waals surface area contributed by atoms with Gasteiger partial charge in [-0.1, -0.05) is 6.07 Å². The molecular weight excluding hydrogens is 241 g/mol. The number of nitrogens with two attached hydrogens (primary N) is 1. The van der Waals surface area contributed by atoms with Crippen molar-refractivity contribution in [3.05, 3.63) is 30.1 Å². The van der Waals surface area contributed by atoms with Gasteiger partial charge in [-0.25, -0.2) is 4.39 Å². The highest BCUT2D eigenvalue weighted by Gasteiger charge is 2.57. The molecule has 0 saturated heterocycles. The molecule has 0 amide bonds. The van der Waals surface area contributed by atoms with E-state index in [4.69, 9.17) is 10.5 Å². The van der Waals surface area contributed by atoms with Gasteiger partial charge < -0.3 is 10.5 Å². The number of hydrogen-bond donors (Lipinski definition) is 1. The zero-order chi connectivity index (χ0) is 13.1. The summed E-state index contributed by atoms with van der Waals surface area (Å²) < 4.78 is 19.5. The predicted molar refractivity (Wildman–Crippen MR) is 71.4 cm³/mol. The molecule has 4 aliphatic rings. The first-order valence-electron chi connectivity index (χ1n) is 7.28. The summed E-state index contributed by atoms with van der Waals surface area (Å²) in [5.41, 5.74) is 6.37. The van der Waals surface area contributed by atoms with Crippen LogP contribution >= 0.6 is 0 Å². The molecule has 2 unspecified atom stereocenters. The van der Waals surface area contributed by atoms with E-state index in [9.17, 15) is 4.39 Å². The molecule has 5 rings (SSSR count). The van der Waals surface area contributed by atoms with Crippen LogP contribution in [0.15, 0.2) is 24.3 Å². The molecular formula is C16H20FNO. The van der Waals surface area contributed by atoms with Crippen molar-refractivity contribution >= 4 is 0 Å². The van der Waals surface area contributed by atoms with Gasteiger partial charge in [-0.15, -0.1) is 0 Å². The third-order valence-electron chi connectivity index (χ3n) is 5.18. The number of hydrogen-bond acceptors (Lipinski definition) is 2. The first-order chi connectivity index (χ1) is 9.04. The maximum absolute atomic E-state index is 13.3. The fourth-order valence-corrected chi connectivity index (χ4v) is 5.15. The van der Waals surface area contributed by atoms with Gasteiger partial charge in [0.25, 0.3) is 0 Å². The van der Waals surface area contributed by atoms with E-state index >= 15 is 0 Å². The van der Waals surface area contributed by atoms with Gasteiger partial charge in [-0.3, -0.25) is 0 Å². The molecule has 3 heteroatoms. The molecule has 2 nitrogen and oxygen atoms in total. The molecule has 1 aromatic rings. The van der Waals surface area contributed by atoms with Gasteiger partial charge in [-0.05, 0) is 56.1 Å². The van der Waals surface area contributed by atoms with E-state index in [1.807, 2.05) is 6.07 Å². The van der Waals surface area contributed by atoms with Crippen LogP contribution in [-0.4, -0.2) is 11.1 Å². The van der Waals surface area contributed by atoms with Crippen molar-refractivity contribution in [2.24, 2.45) is 17.6 Å². The molecule has 1 aromatic carbocycles. The van der Waals surface area contributed by atoms with Gasteiger partial charge in [-0.2, -0.15) is 0 Å². The second-order valence-corrected chi connectivity index (χ2v) is 7.07. The predicted octanol–water partition coefficient (Wildman–Crippen LogP) is 3.25. The van der Waals surface area contributed by atoms with Crippen molar-refractivity contribution in [1.82, 2.24) is 0 Å². The summed E-state index contributed by atoms with van der Waals surface area (Å²) in [4.78, 5) is 0. The van der Waals surface area contributed by atoms with E-state index in [-0.39, 0.29) is 17.0 Å². The third-order valence-corrected chi connectivity index (χ3v) is 5.18. The quantitative estimate of drug-likeness (QED) is 0.887. The zero-order valence-corrected chi connectivity index (χ0v) is 11.1. The van der Waals surface area contributed by atoms with Crippen molar-refractivity contribution in [2.75, 3.05) is 0 Å².